The molecule has 0 unspecified atom stereocenters. The molecule has 0 saturated carbocycles. The Morgan fingerprint density at radius 2 is 2.00 bits per heavy atom. The highest BCUT2D eigenvalue weighted by molar-refractivity contribution is 9.10. The molecule has 0 aliphatic carbocycles. The largest absolute Gasteiger partial charge is 0.385 e. The highest BCUT2D eigenvalue weighted by Gasteiger charge is 1.99. The van der Waals surface area contributed by atoms with Crippen molar-refractivity contribution >= 4 is 32.4 Å². The van der Waals surface area contributed by atoms with Crippen molar-refractivity contribution in [3.63, 3.8) is 0 Å². The van der Waals surface area contributed by atoms with E-state index in [1.54, 1.807) is 0 Å². The van der Waals surface area contributed by atoms with E-state index >= 15 is 0 Å². The number of nitrogens with one attached hydrogen (secondary N) is 1. The van der Waals surface area contributed by atoms with Crippen LogP contribution in [0, 0.1) is 0 Å². The van der Waals surface area contributed by atoms with Crippen LogP contribution in [0.5, 0.6) is 0 Å². The lowest BCUT2D eigenvalue weighted by Gasteiger charge is -2.06. The van der Waals surface area contributed by atoms with Gasteiger partial charge in [-0.2, -0.15) is 0 Å². The average Bonchev–Trinajstić information content (AvgIpc) is 2.18. The number of fused-ring (bicyclic) bond motifs is 1. The van der Waals surface area contributed by atoms with Crippen LogP contribution in [0.3, 0.4) is 0 Å². The van der Waals surface area contributed by atoms with E-state index < -0.39 is 0 Å². The molecule has 0 radical (unpaired) electrons. The van der Waals surface area contributed by atoms with Gasteiger partial charge in [0.25, 0.3) is 0 Å². The third-order valence-corrected chi connectivity index (χ3v) is 2.85. The lowest BCUT2D eigenvalue weighted by atomic mass is 10.1. The van der Waals surface area contributed by atoms with Crippen molar-refractivity contribution in [1.82, 2.24) is 0 Å². The van der Waals surface area contributed by atoms with Crippen LogP contribution >= 0.6 is 15.9 Å². The van der Waals surface area contributed by atoms with E-state index in [-0.39, 0.29) is 0 Å². The first-order valence-corrected chi connectivity index (χ1v) is 5.52. The van der Waals surface area contributed by atoms with Crippen molar-refractivity contribution < 1.29 is 0 Å². The van der Waals surface area contributed by atoms with Gasteiger partial charge in [0.2, 0.25) is 0 Å². The van der Waals surface area contributed by atoms with Gasteiger partial charge in [-0.05, 0) is 29.8 Å². The molecular formula is C12H12BrN. The maximum Gasteiger partial charge on any atom is 0.0357 e. The molecule has 1 nitrogen and oxygen atoms in total. The fourth-order valence-electron chi connectivity index (χ4n) is 1.57. The number of anilines is 1. The lowest BCUT2D eigenvalue weighted by Crippen LogP contribution is -1.95. The van der Waals surface area contributed by atoms with Crippen LogP contribution in [0.4, 0.5) is 5.69 Å². The number of hydrogen-bond donors (Lipinski definition) is 1. The zero-order valence-electron chi connectivity index (χ0n) is 8.05. The van der Waals surface area contributed by atoms with E-state index in [1.165, 1.54) is 10.8 Å². The van der Waals surface area contributed by atoms with Crippen LogP contribution in [0.15, 0.2) is 40.9 Å². The fourth-order valence-corrected chi connectivity index (χ4v) is 2.18. The molecule has 0 bridgehead atoms. The molecule has 0 fully saturated rings. The summed E-state index contributed by atoms with van der Waals surface area (Å²) in [6.45, 7) is 3.05. The molecule has 0 aliphatic heterocycles. The number of hydrogen-bond acceptors (Lipinski definition) is 1. The average molecular weight is 250 g/mol. The van der Waals surface area contributed by atoms with Gasteiger partial charge in [0, 0.05) is 16.7 Å². The van der Waals surface area contributed by atoms with Gasteiger partial charge in [0.1, 0.15) is 0 Å². The van der Waals surface area contributed by atoms with Crippen molar-refractivity contribution in [3.8, 4) is 0 Å². The molecule has 0 heterocycles. The maximum atomic E-state index is 3.58. The Morgan fingerprint density at radius 1 is 1.21 bits per heavy atom. The molecule has 0 atom stereocenters. The van der Waals surface area contributed by atoms with E-state index in [0.717, 1.165) is 16.7 Å². The summed E-state index contributed by atoms with van der Waals surface area (Å²) in [7, 11) is 0. The van der Waals surface area contributed by atoms with Gasteiger partial charge >= 0.3 is 0 Å². The Hall–Kier alpha value is -1.02. The molecule has 2 aromatic rings. The Labute approximate surface area is 92.3 Å². The molecule has 2 heteroatoms. The zero-order valence-corrected chi connectivity index (χ0v) is 9.64. The number of benzene rings is 2. The topological polar surface area (TPSA) is 12.0 Å². The number of halogens is 1. The van der Waals surface area contributed by atoms with Crippen LogP contribution < -0.4 is 5.32 Å². The number of rotatable bonds is 2. The van der Waals surface area contributed by atoms with Gasteiger partial charge in [0.05, 0.1) is 0 Å². The van der Waals surface area contributed by atoms with Gasteiger partial charge in [-0.1, -0.05) is 40.2 Å². The monoisotopic (exact) mass is 249 g/mol. The summed E-state index contributed by atoms with van der Waals surface area (Å²) in [4.78, 5) is 0. The summed E-state index contributed by atoms with van der Waals surface area (Å²) in [6.07, 6.45) is 0. The molecule has 0 aliphatic rings. The summed E-state index contributed by atoms with van der Waals surface area (Å²) in [5, 5.41) is 5.83. The van der Waals surface area contributed by atoms with Crippen LogP contribution in [0.2, 0.25) is 0 Å². The van der Waals surface area contributed by atoms with Gasteiger partial charge < -0.3 is 5.32 Å². The standard InChI is InChI=1S/C12H12BrN/c1-2-14-10-7-9-5-3-4-6-11(9)12(13)8-10/h3-8,14H,2H2,1H3. The highest BCUT2D eigenvalue weighted by Crippen LogP contribution is 2.27. The fraction of sp³-hybridized carbons (Fsp3) is 0.167. The second-order valence-electron chi connectivity index (χ2n) is 3.21. The Balaban J connectivity index is 2.60. The molecule has 0 aromatic heterocycles. The second kappa shape index (κ2) is 4.01. The highest BCUT2D eigenvalue weighted by atomic mass is 79.9. The Kier molecular flexibility index (Phi) is 2.73. The van der Waals surface area contributed by atoms with E-state index in [9.17, 15) is 0 Å². The molecule has 14 heavy (non-hydrogen) atoms. The van der Waals surface area contributed by atoms with E-state index in [0.29, 0.717) is 0 Å². The quantitative estimate of drug-likeness (QED) is 0.848. The Morgan fingerprint density at radius 3 is 2.79 bits per heavy atom. The van der Waals surface area contributed by atoms with E-state index in [2.05, 4.69) is 64.6 Å². The smallest absolute Gasteiger partial charge is 0.0357 e. The second-order valence-corrected chi connectivity index (χ2v) is 4.06. The zero-order chi connectivity index (χ0) is 9.97. The van der Waals surface area contributed by atoms with E-state index in [4.69, 9.17) is 0 Å². The predicted molar refractivity (Wildman–Crippen MR) is 65.8 cm³/mol. The van der Waals surface area contributed by atoms with Gasteiger partial charge in [-0.15, -0.1) is 0 Å². The third-order valence-electron chi connectivity index (χ3n) is 2.19. The van der Waals surface area contributed by atoms with Crippen LogP contribution in [0.25, 0.3) is 10.8 Å². The van der Waals surface area contributed by atoms with Crippen LogP contribution in [-0.4, -0.2) is 6.54 Å². The molecule has 0 saturated heterocycles. The molecule has 1 N–H and O–H groups in total. The minimum absolute atomic E-state index is 0.949. The summed E-state index contributed by atoms with van der Waals surface area (Å²) < 4.78 is 1.14. The minimum atomic E-state index is 0.949. The predicted octanol–water partition coefficient (Wildman–Crippen LogP) is 4.03. The summed E-state index contributed by atoms with van der Waals surface area (Å²) in [5.41, 5.74) is 1.16. The van der Waals surface area contributed by atoms with Gasteiger partial charge in [-0.3, -0.25) is 0 Å². The molecule has 2 aromatic carbocycles. The lowest BCUT2D eigenvalue weighted by molar-refractivity contribution is 1.21. The molecular weight excluding hydrogens is 238 g/mol. The third kappa shape index (κ3) is 1.75. The van der Waals surface area contributed by atoms with Crippen molar-refractivity contribution in [2.24, 2.45) is 0 Å². The normalized spacial score (nSPS) is 10.4. The van der Waals surface area contributed by atoms with Crippen molar-refractivity contribution in [1.29, 1.82) is 0 Å². The minimum Gasteiger partial charge on any atom is -0.385 e. The van der Waals surface area contributed by atoms with Crippen molar-refractivity contribution in [2.75, 3.05) is 11.9 Å². The summed E-state index contributed by atoms with van der Waals surface area (Å²) >= 11 is 3.58. The first-order valence-electron chi connectivity index (χ1n) is 4.73. The maximum absolute atomic E-state index is 3.58. The molecule has 0 amide bonds. The molecule has 72 valence electrons. The van der Waals surface area contributed by atoms with Crippen molar-refractivity contribution in [3.05, 3.63) is 40.9 Å². The SMILES string of the molecule is CCNc1cc(Br)c2ccccc2c1. The van der Waals surface area contributed by atoms with E-state index in [1.807, 2.05) is 0 Å². The van der Waals surface area contributed by atoms with Crippen molar-refractivity contribution in [2.45, 2.75) is 6.92 Å². The van der Waals surface area contributed by atoms with Gasteiger partial charge in [0.15, 0.2) is 0 Å². The Bertz CT molecular complexity index is 451. The van der Waals surface area contributed by atoms with Crippen LogP contribution in [-0.2, 0) is 0 Å². The van der Waals surface area contributed by atoms with Gasteiger partial charge in [-0.25, -0.2) is 0 Å². The van der Waals surface area contributed by atoms with Crippen LogP contribution in [0.1, 0.15) is 6.92 Å². The summed E-state index contributed by atoms with van der Waals surface area (Å²) in [6, 6.07) is 12.6. The first kappa shape index (κ1) is 9.53. The summed E-state index contributed by atoms with van der Waals surface area (Å²) in [5.74, 6) is 0. The first-order chi connectivity index (χ1) is 6.81. The molecule has 2 rings (SSSR count). The molecule has 0 spiro atoms.